The molecule has 0 radical (unpaired) electrons. The molecule has 0 saturated heterocycles. The molecule has 68 valence electrons. The topological polar surface area (TPSA) is 61.3 Å². The molecular weight excluding hydrogens is 156 g/mol. The minimum absolute atomic E-state index is 0.159. The van der Waals surface area contributed by atoms with E-state index in [9.17, 15) is 0 Å². The monoisotopic (exact) mass is 170 g/mol. The summed E-state index contributed by atoms with van der Waals surface area (Å²) in [7, 11) is 0. The van der Waals surface area contributed by atoms with Crippen LogP contribution < -0.4 is 5.73 Å². The van der Waals surface area contributed by atoms with Crippen LogP contribution in [0.1, 0.15) is 26.5 Å². The van der Waals surface area contributed by atoms with Crippen molar-refractivity contribution >= 4 is 5.88 Å². The van der Waals surface area contributed by atoms with Crippen molar-refractivity contribution in [3.05, 3.63) is 11.8 Å². The number of hydrogen-bond acceptors (Lipinski definition) is 4. The van der Waals surface area contributed by atoms with Gasteiger partial charge in [0.25, 0.3) is 0 Å². The lowest BCUT2D eigenvalue weighted by molar-refractivity contribution is -0.0173. The minimum atomic E-state index is -0.159. The predicted octanol–water partition coefficient (Wildman–Crippen LogP) is 1.57. The molecule has 0 aliphatic rings. The molecule has 2 N–H and O–H groups in total. The van der Waals surface area contributed by atoms with E-state index < -0.39 is 0 Å². The van der Waals surface area contributed by atoms with Crippen LogP contribution in [0.5, 0.6) is 0 Å². The maximum atomic E-state index is 5.45. The van der Waals surface area contributed by atoms with Gasteiger partial charge in [0.2, 0.25) is 5.88 Å². The van der Waals surface area contributed by atoms with Crippen molar-refractivity contribution < 1.29 is 9.26 Å². The number of rotatable bonds is 2. The zero-order valence-electron chi connectivity index (χ0n) is 7.63. The van der Waals surface area contributed by atoms with Gasteiger partial charge < -0.3 is 15.0 Å². The van der Waals surface area contributed by atoms with E-state index in [1.807, 2.05) is 20.8 Å². The Kier molecular flexibility index (Phi) is 2.38. The lowest BCUT2D eigenvalue weighted by Crippen LogP contribution is -2.18. The molecule has 0 aliphatic carbocycles. The lowest BCUT2D eigenvalue weighted by atomic mass is 10.2. The van der Waals surface area contributed by atoms with E-state index in [1.165, 1.54) is 0 Å². The Balaban J connectivity index is 2.44. The number of nitrogens with zero attached hydrogens (tertiary/aromatic N) is 1. The van der Waals surface area contributed by atoms with Crippen LogP contribution in [0.15, 0.2) is 10.6 Å². The van der Waals surface area contributed by atoms with Crippen molar-refractivity contribution in [1.82, 2.24) is 5.16 Å². The molecule has 1 rings (SSSR count). The largest absolute Gasteiger partial charge is 0.369 e. The average molecular weight is 170 g/mol. The highest BCUT2D eigenvalue weighted by atomic mass is 16.5. The van der Waals surface area contributed by atoms with Gasteiger partial charge in [-0.15, -0.1) is 0 Å². The molecule has 0 amide bonds. The molecule has 0 bridgehead atoms. The average Bonchev–Trinajstić information content (AvgIpc) is 2.30. The quantitative estimate of drug-likeness (QED) is 0.731. The normalized spacial score (nSPS) is 11.9. The van der Waals surface area contributed by atoms with Crippen LogP contribution in [0.3, 0.4) is 0 Å². The molecular formula is C8H14N2O2. The van der Waals surface area contributed by atoms with Crippen molar-refractivity contribution in [2.75, 3.05) is 5.73 Å². The Morgan fingerprint density at radius 3 is 2.67 bits per heavy atom. The van der Waals surface area contributed by atoms with Gasteiger partial charge in [0, 0.05) is 6.07 Å². The second kappa shape index (κ2) is 3.15. The van der Waals surface area contributed by atoms with Crippen LogP contribution in [0.25, 0.3) is 0 Å². The second-order valence-corrected chi connectivity index (χ2v) is 3.62. The SMILES string of the molecule is CC(C)(C)OCc1cc(N)on1. The van der Waals surface area contributed by atoms with E-state index in [2.05, 4.69) is 9.68 Å². The van der Waals surface area contributed by atoms with Gasteiger partial charge in [-0.05, 0) is 20.8 Å². The summed E-state index contributed by atoms with van der Waals surface area (Å²) < 4.78 is 10.1. The molecule has 0 aromatic carbocycles. The molecule has 4 heteroatoms. The van der Waals surface area contributed by atoms with Crippen LogP contribution in [-0.2, 0) is 11.3 Å². The fraction of sp³-hybridized carbons (Fsp3) is 0.625. The Labute approximate surface area is 71.7 Å². The van der Waals surface area contributed by atoms with Crippen LogP contribution in [0.4, 0.5) is 5.88 Å². The molecule has 12 heavy (non-hydrogen) atoms. The van der Waals surface area contributed by atoms with Crippen LogP contribution in [-0.4, -0.2) is 10.8 Å². The molecule has 1 aromatic heterocycles. The van der Waals surface area contributed by atoms with Crippen LogP contribution in [0, 0.1) is 0 Å². The summed E-state index contributed by atoms with van der Waals surface area (Å²) >= 11 is 0. The first-order valence-corrected chi connectivity index (χ1v) is 3.82. The maximum Gasteiger partial charge on any atom is 0.222 e. The zero-order chi connectivity index (χ0) is 9.19. The molecule has 0 fully saturated rings. The predicted molar refractivity (Wildman–Crippen MR) is 45.5 cm³/mol. The smallest absolute Gasteiger partial charge is 0.222 e. The molecule has 0 unspecified atom stereocenters. The number of nitrogens with two attached hydrogens (primary N) is 1. The van der Waals surface area contributed by atoms with Gasteiger partial charge in [0.15, 0.2) is 0 Å². The zero-order valence-corrected chi connectivity index (χ0v) is 7.63. The molecule has 1 heterocycles. The fourth-order valence-corrected chi connectivity index (χ4v) is 0.687. The van der Waals surface area contributed by atoms with Crippen molar-refractivity contribution in [3.8, 4) is 0 Å². The van der Waals surface area contributed by atoms with Crippen molar-refractivity contribution in [1.29, 1.82) is 0 Å². The Morgan fingerprint density at radius 1 is 1.58 bits per heavy atom. The first kappa shape index (κ1) is 9.06. The standard InChI is InChI=1S/C8H14N2O2/c1-8(2,3)11-5-6-4-7(9)12-10-6/h4H,5,9H2,1-3H3. The summed E-state index contributed by atoms with van der Waals surface area (Å²) in [5.74, 6) is 0.322. The number of anilines is 1. The van der Waals surface area contributed by atoms with Gasteiger partial charge in [0.05, 0.1) is 12.2 Å². The van der Waals surface area contributed by atoms with E-state index >= 15 is 0 Å². The number of nitrogen functional groups attached to an aromatic ring is 1. The fourth-order valence-electron chi connectivity index (χ4n) is 0.687. The van der Waals surface area contributed by atoms with Gasteiger partial charge in [0.1, 0.15) is 5.69 Å². The number of aromatic nitrogens is 1. The maximum absolute atomic E-state index is 5.45. The third-order valence-electron chi connectivity index (χ3n) is 1.23. The number of hydrogen-bond donors (Lipinski definition) is 1. The summed E-state index contributed by atoms with van der Waals surface area (Å²) in [6.07, 6.45) is 0. The van der Waals surface area contributed by atoms with Crippen LogP contribution in [0.2, 0.25) is 0 Å². The summed E-state index contributed by atoms with van der Waals surface area (Å²) in [6.45, 7) is 6.38. The second-order valence-electron chi connectivity index (χ2n) is 3.62. The van der Waals surface area contributed by atoms with Crippen molar-refractivity contribution in [2.45, 2.75) is 33.0 Å². The highest BCUT2D eigenvalue weighted by molar-refractivity contribution is 5.23. The highest BCUT2D eigenvalue weighted by Crippen LogP contribution is 2.12. The van der Waals surface area contributed by atoms with Gasteiger partial charge >= 0.3 is 0 Å². The molecule has 0 aliphatic heterocycles. The summed E-state index contributed by atoms with van der Waals surface area (Å²) in [6, 6.07) is 1.66. The summed E-state index contributed by atoms with van der Waals surface area (Å²) in [5, 5.41) is 3.69. The van der Waals surface area contributed by atoms with E-state index in [1.54, 1.807) is 6.07 Å². The third kappa shape index (κ3) is 2.92. The van der Waals surface area contributed by atoms with Crippen LogP contribution >= 0.6 is 0 Å². The summed E-state index contributed by atoms with van der Waals surface area (Å²) in [4.78, 5) is 0. The first-order chi connectivity index (χ1) is 5.47. The Bertz CT molecular complexity index is 250. The molecule has 0 spiro atoms. The van der Waals surface area contributed by atoms with E-state index in [-0.39, 0.29) is 5.60 Å². The highest BCUT2D eigenvalue weighted by Gasteiger charge is 2.11. The molecule has 4 nitrogen and oxygen atoms in total. The van der Waals surface area contributed by atoms with E-state index in [0.717, 1.165) is 5.69 Å². The van der Waals surface area contributed by atoms with E-state index in [0.29, 0.717) is 12.5 Å². The minimum Gasteiger partial charge on any atom is -0.369 e. The molecule has 1 aromatic rings. The Hall–Kier alpha value is -1.03. The first-order valence-electron chi connectivity index (χ1n) is 3.82. The van der Waals surface area contributed by atoms with Gasteiger partial charge in [-0.2, -0.15) is 0 Å². The van der Waals surface area contributed by atoms with Gasteiger partial charge in [-0.3, -0.25) is 0 Å². The lowest BCUT2D eigenvalue weighted by Gasteiger charge is -2.18. The van der Waals surface area contributed by atoms with Crippen molar-refractivity contribution in [2.24, 2.45) is 0 Å². The molecule has 0 atom stereocenters. The Morgan fingerprint density at radius 2 is 2.25 bits per heavy atom. The van der Waals surface area contributed by atoms with Crippen molar-refractivity contribution in [3.63, 3.8) is 0 Å². The third-order valence-corrected chi connectivity index (χ3v) is 1.23. The van der Waals surface area contributed by atoms with Gasteiger partial charge in [-0.25, -0.2) is 0 Å². The summed E-state index contributed by atoms with van der Waals surface area (Å²) in [5.41, 5.74) is 5.90. The molecule has 0 saturated carbocycles. The van der Waals surface area contributed by atoms with E-state index in [4.69, 9.17) is 10.5 Å². The number of ether oxygens (including phenoxy) is 1. The van der Waals surface area contributed by atoms with Gasteiger partial charge in [-0.1, -0.05) is 5.16 Å².